The Balaban J connectivity index is 2.30. The van der Waals surface area contributed by atoms with Crippen LogP contribution in [0.5, 0.6) is 0 Å². The van der Waals surface area contributed by atoms with Gasteiger partial charge in [-0.25, -0.2) is 0 Å². The Morgan fingerprint density at radius 1 is 0.875 bits per heavy atom. The van der Waals surface area contributed by atoms with E-state index in [2.05, 4.69) is 5.32 Å². The van der Waals surface area contributed by atoms with Crippen LogP contribution < -0.4 is 5.32 Å². The van der Waals surface area contributed by atoms with Gasteiger partial charge >= 0.3 is 12.4 Å². The van der Waals surface area contributed by atoms with Gasteiger partial charge in [-0.3, -0.25) is 4.79 Å². The predicted octanol–water partition coefficient (Wildman–Crippen LogP) is 5.63. The number of alkyl halides is 6. The van der Waals surface area contributed by atoms with Crippen molar-refractivity contribution in [3.8, 4) is 0 Å². The normalized spacial score (nSPS) is 12.1. The van der Waals surface area contributed by atoms with Crippen LogP contribution in [-0.4, -0.2) is 5.91 Å². The van der Waals surface area contributed by atoms with Crippen LogP contribution in [0.15, 0.2) is 42.5 Å². The zero-order valence-corrected chi connectivity index (χ0v) is 12.4. The standard InChI is InChI=1S/C15H8ClF6NO/c16-11-3-1-2-10(12(11)15(20,21)22)13(24)23-9-6-4-8(5-7-9)14(17,18)19/h1-7H,(H,23,24). The first-order valence-electron chi connectivity index (χ1n) is 6.34. The number of anilines is 1. The van der Waals surface area contributed by atoms with E-state index in [0.29, 0.717) is 12.1 Å². The van der Waals surface area contributed by atoms with Crippen LogP contribution in [0.3, 0.4) is 0 Å². The van der Waals surface area contributed by atoms with Gasteiger partial charge in [-0.15, -0.1) is 0 Å². The van der Waals surface area contributed by atoms with E-state index in [0.717, 1.165) is 24.3 Å². The predicted molar refractivity (Wildman–Crippen MR) is 75.9 cm³/mol. The molecule has 1 N–H and O–H groups in total. The van der Waals surface area contributed by atoms with E-state index in [1.54, 1.807) is 0 Å². The van der Waals surface area contributed by atoms with E-state index in [4.69, 9.17) is 11.6 Å². The molecule has 0 saturated carbocycles. The maximum Gasteiger partial charge on any atom is 0.418 e. The number of benzene rings is 2. The molecule has 2 aromatic rings. The Morgan fingerprint density at radius 2 is 1.46 bits per heavy atom. The molecule has 0 spiro atoms. The summed E-state index contributed by atoms with van der Waals surface area (Å²) < 4.78 is 76.4. The molecule has 9 heteroatoms. The zero-order valence-electron chi connectivity index (χ0n) is 11.6. The summed E-state index contributed by atoms with van der Waals surface area (Å²) in [5.74, 6) is -1.13. The molecule has 24 heavy (non-hydrogen) atoms. The highest BCUT2D eigenvalue weighted by Gasteiger charge is 2.37. The second-order valence-corrected chi connectivity index (χ2v) is 5.10. The van der Waals surface area contributed by atoms with Gasteiger partial charge in [-0.05, 0) is 36.4 Å². The lowest BCUT2D eigenvalue weighted by molar-refractivity contribution is -0.138. The maximum atomic E-state index is 13.0. The van der Waals surface area contributed by atoms with Gasteiger partial charge < -0.3 is 5.32 Å². The first kappa shape index (κ1) is 18.1. The molecule has 1 amide bonds. The van der Waals surface area contributed by atoms with Crippen LogP contribution in [0, 0.1) is 0 Å². The molecule has 0 atom stereocenters. The third-order valence-electron chi connectivity index (χ3n) is 3.01. The van der Waals surface area contributed by atoms with Crippen LogP contribution in [0.2, 0.25) is 5.02 Å². The number of carbonyl (C=O) groups excluding carboxylic acids is 1. The van der Waals surface area contributed by atoms with Crippen LogP contribution in [-0.2, 0) is 12.4 Å². The number of carbonyl (C=O) groups is 1. The van der Waals surface area contributed by atoms with Crippen molar-refractivity contribution >= 4 is 23.2 Å². The average molecular weight is 368 g/mol. The third kappa shape index (κ3) is 4.00. The van der Waals surface area contributed by atoms with E-state index in [1.807, 2.05) is 0 Å². The minimum atomic E-state index is -4.86. The maximum absolute atomic E-state index is 13.0. The van der Waals surface area contributed by atoms with Gasteiger partial charge in [-0.1, -0.05) is 17.7 Å². The van der Waals surface area contributed by atoms with Crippen molar-refractivity contribution < 1.29 is 31.1 Å². The van der Waals surface area contributed by atoms with Crippen LogP contribution in [0.25, 0.3) is 0 Å². The van der Waals surface area contributed by atoms with E-state index in [9.17, 15) is 31.1 Å². The Hall–Kier alpha value is -2.22. The first-order chi connectivity index (χ1) is 11.0. The molecule has 0 radical (unpaired) electrons. The van der Waals surface area contributed by atoms with E-state index in [-0.39, 0.29) is 5.69 Å². The monoisotopic (exact) mass is 367 g/mol. The molecule has 0 fully saturated rings. The number of halogens is 7. The zero-order chi connectivity index (χ0) is 18.1. The SMILES string of the molecule is O=C(Nc1ccc(C(F)(F)F)cc1)c1cccc(Cl)c1C(F)(F)F. The number of hydrogen-bond acceptors (Lipinski definition) is 1. The molecule has 0 heterocycles. The fourth-order valence-corrected chi connectivity index (χ4v) is 2.22. The van der Waals surface area contributed by atoms with E-state index in [1.165, 1.54) is 6.07 Å². The van der Waals surface area contributed by atoms with Crippen LogP contribution in [0.4, 0.5) is 32.0 Å². The van der Waals surface area contributed by atoms with Gasteiger partial charge in [0.15, 0.2) is 0 Å². The largest absolute Gasteiger partial charge is 0.418 e. The Kier molecular flexibility index (Phi) is 4.80. The molecule has 0 bridgehead atoms. The molecule has 0 aliphatic heterocycles. The summed E-state index contributed by atoms with van der Waals surface area (Å²) in [6.45, 7) is 0. The van der Waals surface area contributed by atoms with Crippen LogP contribution in [0.1, 0.15) is 21.5 Å². The molecule has 2 nitrogen and oxygen atoms in total. The molecule has 2 aromatic carbocycles. The highest BCUT2D eigenvalue weighted by atomic mass is 35.5. The van der Waals surface area contributed by atoms with Crippen molar-refractivity contribution in [3.05, 3.63) is 64.2 Å². The van der Waals surface area contributed by atoms with Crippen molar-refractivity contribution in [2.24, 2.45) is 0 Å². The lowest BCUT2D eigenvalue weighted by Gasteiger charge is -2.14. The molecular weight excluding hydrogens is 360 g/mol. The van der Waals surface area contributed by atoms with Gasteiger partial charge in [0.2, 0.25) is 0 Å². The quantitative estimate of drug-likeness (QED) is 0.685. The lowest BCUT2D eigenvalue weighted by Crippen LogP contribution is -2.19. The first-order valence-corrected chi connectivity index (χ1v) is 6.72. The summed E-state index contributed by atoms with van der Waals surface area (Å²) in [6, 6.07) is 6.38. The highest BCUT2D eigenvalue weighted by molar-refractivity contribution is 6.32. The van der Waals surface area contributed by atoms with Crippen molar-refractivity contribution in [3.63, 3.8) is 0 Å². The van der Waals surface area contributed by atoms with Crippen molar-refractivity contribution in [2.75, 3.05) is 5.32 Å². The minimum absolute atomic E-state index is 0.0823. The fourth-order valence-electron chi connectivity index (χ4n) is 1.94. The van der Waals surface area contributed by atoms with Gasteiger partial charge in [0, 0.05) is 5.69 Å². The molecular formula is C15H8ClF6NO. The number of rotatable bonds is 2. The molecule has 2 rings (SSSR count). The third-order valence-corrected chi connectivity index (χ3v) is 3.33. The number of hydrogen-bond donors (Lipinski definition) is 1. The fraction of sp³-hybridized carbons (Fsp3) is 0.133. The number of nitrogens with one attached hydrogen (secondary N) is 1. The minimum Gasteiger partial charge on any atom is -0.322 e. The van der Waals surface area contributed by atoms with Crippen molar-refractivity contribution in [2.45, 2.75) is 12.4 Å². The van der Waals surface area contributed by atoms with Gasteiger partial charge in [0.1, 0.15) is 0 Å². The molecule has 0 aliphatic carbocycles. The van der Waals surface area contributed by atoms with E-state index >= 15 is 0 Å². The molecule has 0 aromatic heterocycles. The molecule has 0 unspecified atom stereocenters. The van der Waals surface area contributed by atoms with Crippen LogP contribution >= 0.6 is 11.6 Å². The molecule has 0 saturated heterocycles. The summed E-state index contributed by atoms with van der Waals surface area (Å²) >= 11 is 5.51. The summed E-state index contributed by atoms with van der Waals surface area (Å²) in [4.78, 5) is 12.0. The summed E-state index contributed by atoms with van der Waals surface area (Å²) in [5.41, 5.74) is -3.06. The Bertz CT molecular complexity index is 752. The van der Waals surface area contributed by atoms with Crippen molar-refractivity contribution in [1.82, 2.24) is 0 Å². The Morgan fingerprint density at radius 3 is 1.96 bits per heavy atom. The molecule has 0 aliphatic rings. The highest BCUT2D eigenvalue weighted by Crippen LogP contribution is 2.37. The van der Waals surface area contributed by atoms with Gasteiger partial charge in [0.05, 0.1) is 21.7 Å². The summed E-state index contributed by atoms with van der Waals surface area (Å²) in [5, 5.41) is 1.46. The summed E-state index contributed by atoms with van der Waals surface area (Å²) in [6.07, 6.45) is -9.41. The lowest BCUT2D eigenvalue weighted by atomic mass is 10.1. The number of amides is 1. The Labute approximate surface area is 137 Å². The second kappa shape index (κ2) is 6.35. The van der Waals surface area contributed by atoms with Gasteiger partial charge in [0.25, 0.3) is 5.91 Å². The van der Waals surface area contributed by atoms with E-state index < -0.39 is 40.0 Å². The average Bonchev–Trinajstić information content (AvgIpc) is 2.45. The topological polar surface area (TPSA) is 29.1 Å². The smallest absolute Gasteiger partial charge is 0.322 e. The summed E-state index contributed by atoms with van der Waals surface area (Å²) in [7, 11) is 0. The second-order valence-electron chi connectivity index (χ2n) is 4.69. The van der Waals surface area contributed by atoms with Gasteiger partial charge in [-0.2, -0.15) is 26.3 Å². The molecule has 128 valence electrons. The van der Waals surface area contributed by atoms with Crippen molar-refractivity contribution in [1.29, 1.82) is 0 Å².